The van der Waals surface area contributed by atoms with Crippen LogP contribution in [-0.2, 0) is 9.84 Å². The van der Waals surface area contributed by atoms with Crippen LogP contribution >= 0.6 is 0 Å². The number of rotatable bonds is 6. The van der Waals surface area contributed by atoms with E-state index in [1.54, 1.807) is 0 Å². The number of sulfone groups is 1. The number of hydrogen-bond donors (Lipinski definition) is 1. The van der Waals surface area contributed by atoms with Crippen molar-refractivity contribution >= 4 is 9.84 Å². The zero-order chi connectivity index (χ0) is 14.5. The van der Waals surface area contributed by atoms with Crippen LogP contribution in [0.2, 0.25) is 0 Å². The van der Waals surface area contributed by atoms with E-state index >= 15 is 0 Å². The molecule has 0 radical (unpaired) electrons. The first-order valence-corrected chi connectivity index (χ1v) is 9.10. The summed E-state index contributed by atoms with van der Waals surface area (Å²) in [6.07, 6.45) is 1.28. The summed E-state index contributed by atoms with van der Waals surface area (Å²) in [7, 11) is -2.84. The zero-order valence-electron chi connectivity index (χ0n) is 12.8. The van der Waals surface area contributed by atoms with E-state index in [0.29, 0.717) is 6.54 Å². The summed E-state index contributed by atoms with van der Waals surface area (Å²) in [5, 5.41) is 3.20. The quantitative estimate of drug-likeness (QED) is 0.700. The summed E-state index contributed by atoms with van der Waals surface area (Å²) in [5.41, 5.74) is 0.264. The zero-order valence-corrected chi connectivity index (χ0v) is 13.6. The molecule has 0 aliphatic carbocycles. The van der Waals surface area contributed by atoms with E-state index in [9.17, 15) is 8.42 Å². The highest BCUT2D eigenvalue weighted by Crippen LogP contribution is 2.15. The minimum Gasteiger partial charge on any atom is -0.314 e. The summed E-state index contributed by atoms with van der Waals surface area (Å²) in [5.74, 6) is 0.227. The van der Waals surface area contributed by atoms with Gasteiger partial charge in [0.15, 0.2) is 0 Å². The third-order valence-corrected chi connectivity index (χ3v) is 4.52. The van der Waals surface area contributed by atoms with Gasteiger partial charge < -0.3 is 5.32 Å². The number of hydrogen-bond acceptors (Lipinski definition) is 5. The van der Waals surface area contributed by atoms with Gasteiger partial charge >= 0.3 is 0 Å². The third kappa shape index (κ3) is 7.25. The Labute approximate surface area is 118 Å². The highest BCUT2D eigenvalue weighted by atomic mass is 32.2. The Hall–Kier alpha value is -0.170. The number of nitrogens with one attached hydrogen (secondary N) is 1. The van der Waals surface area contributed by atoms with Crippen LogP contribution in [0.5, 0.6) is 0 Å². The van der Waals surface area contributed by atoms with Crippen LogP contribution in [0, 0.1) is 0 Å². The summed E-state index contributed by atoms with van der Waals surface area (Å²) in [6, 6.07) is 0. The van der Waals surface area contributed by atoms with E-state index in [0.717, 1.165) is 39.3 Å². The third-order valence-electron chi connectivity index (χ3n) is 3.58. The van der Waals surface area contributed by atoms with Crippen LogP contribution in [0.15, 0.2) is 0 Å². The molecule has 1 aliphatic heterocycles. The lowest BCUT2D eigenvalue weighted by Gasteiger charge is -2.42. The molecule has 5 nitrogen and oxygen atoms in total. The fourth-order valence-electron chi connectivity index (χ4n) is 2.26. The lowest BCUT2D eigenvalue weighted by Crippen LogP contribution is -2.54. The Morgan fingerprint density at radius 1 is 1.05 bits per heavy atom. The Morgan fingerprint density at radius 3 is 2.11 bits per heavy atom. The van der Waals surface area contributed by atoms with Crippen molar-refractivity contribution in [3.63, 3.8) is 0 Å². The van der Waals surface area contributed by atoms with E-state index in [-0.39, 0.29) is 11.3 Å². The Balaban J connectivity index is 2.10. The molecule has 1 N–H and O–H groups in total. The number of piperazine rings is 1. The first kappa shape index (κ1) is 16.9. The van der Waals surface area contributed by atoms with Crippen LogP contribution in [0.25, 0.3) is 0 Å². The average Bonchev–Trinajstić information content (AvgIpc) is 2.26. The van der Waals surface area contributed by atoms with E-state index in [1.807, 2.05) is 0 Å². The van der Waals surface area contributed by atoms with Gasteiger partial charge in [-0.3, -0.25) is 9.80 Å². The van der Waals surface area contributed by atoms with E-state index < -0.39 is 9.84 Å². The highest BCUT2D eigenvalue weighted by Gasteiger charge is 2.25. The van der Waals surface area contributed by atoms with E-state index in [1.165, 1.54) is 6.26 Å². The molecule has 0 unspecified atom stereocenters. The molecule has 0 aromatic carbocycles. The highest BCUT2D eigenvalue weighted by molar-refractivity contribution is 7.90. The molecule has 0 spiro atoms. The number of nitrogens with zero attached hydrogens (tertiary/aromatic N) is 2. The standard InChI is InChI=1S/C13H29N3O2S/c1-13(2,3)16-10-8-15(9-11-16)7-5-14-6-12-19(4,17)18/h14H,5-12H2,1-4H3. The smallest absolute Gasteiger partial charge is 0.148 e. The maximum atomic E-state index is 11.0. The van der Waals surface area contributed by atoms with Crippen molar-refractivity contribution in [2.24, 2.45) is 0 Å². The molecular formula is C13H29N3O2S. The average molecular weight is 291 g/mol. The first-order chi connectivity index (χ1) is 8.68. The fourth-order valence-corrected chi connectivity index (χ4v) is 2.78. The van der Waals surface area contributed by atoms with Gasteiger partial charge in [-0.25, -0.2) is 8.42 Å². The van der Waals surface area contributed by atoms with Gasteiger partial charge in [0.2, 0.25) is 0 Å². The summed E-state index contributed by atoms with van der Waals surface area (Å²) >= 11 is 0. The van der Waals surface area contributed by atoms with Gasteiger partial charge in [-0.15, -0.1) is 0 Å². The lowest BCUT2D eigenvalue weighted by molar-refractivity contribution is 0.0629. The van der Waals surface area contributed by atoms with Crippen LogP contribution in [0.1, 0.15) is 20.8 Å². The molecule has 0 saturated carbocycles. The lowest BCUT2D eigenvalue weighted by atomic mass is 10.1. The molecule has 1 aliphatic rings. The van der Waals surface area contributed by atoms with Crippen molar-refractivity contribution < 1.29 is 8.42 Å². The molecule has 114 valence electrons. The summed E-state index contributed by atoms with van der Waals surface area (Å²) < 4.78 is 21.9. The Kier molecular flexibility index (Phi) is 6.23. The van der Waals surface area contributed by atoms with Crippen molar-refractivity contribution in [1.29, 1.82) is 0 Å². The molecule has 0 bridgehead atoms. The molecule has 1 saturated heterocycles. The first-order valence-electron chi connectivity index (χ1n) is 7.04. The van der Waals surface area contributed by atoms with E-state index in [2.05, 4.69) is 35.9 Å². The second-order valence-electron chi connectivity index (χ2n) is 6.38. The maximum absolute atomic E-state index is 11.0. The van der Waals surface area contributed by atoms with Crippen molar-refractivity contribution in [2.75, 3.05) is 57.8 Å². The van der Waals surface area contributed by atoms with Crippen LogP contribution in [0.4, 0.5) is 0 Å². The summed E-state index contributed by atoms with van der Waals surface area (Å²) in [6.45, 7) is 13.6. The minimum atomic E-state index is -2.84. The Bertz CT molecular complexity index is 355. The SMILES string of the molecule is CC(C)(C)N1CCN(CCNCCS(C)(=O)=O)CC1. The minimum absolute atomic E-state index is 0.227. The molecule has 0 aromatic heterocycles. The predicted molar refractivity (Wildman–Crippen MR) is 80.3 cm³/mol. The second-order valence-corrected chi connectivity index (χ2v) is 8.64. The fraction of sp³-hybridized carbons (Fsp3) is 1.00. The van der Waals surface area contributed by atoms with Gasteiger partial charge in [0.05, 0.1) is 5.75 Å². The molecule has 0 atom stereocenters. The van der Waals surface area contributed by atoms with Gasteiger partial charge in [0.1, 0.15) is 9.84 Å². The van der Waals surface area contributed by atoms with Crippen LogP contribution < -0.4 is 5.32 Å². The Morgan fingerprint density at radius 2 is 1.63 bits per heavy atom. The molecule has 0 amide bonds. The monoisotopic (exact) mass is 291 g/mol. The largest absolute Gasteiger partial charge is 0.314 e. The second kappa shape index (κ2) is 7.02. The van der Waals surface area contributed by atoms with Crippen LogP contribution in [0.3, 0.4) is 0 Å². The molecule has 0 aromatic rings. The normalized spacial score (nSPS) is 19.8. The molecule has 1 rings (SSSR count). The van der Waals surface area contributed by atoms with Gasteiger partial charge in [-0.2, -0.15) is 0 Å². The van der Waals surface area contributed by atoms with Crippen molar-refractivity contribution in [3.8, 4) is 0 Å². The summed E-state index contributed by atoms with van der Waals surface area (Å²) in [4.78, 5) is 4.95. The van der Waals surface area contributed by atoms with Gasteiger partial charge in [0.25, 0.3) is 0 Å². The van der Waals surface area contributed by atoms with Gasteiger partial charge in [-0.1, -0.05) is 0 Å². The van der Waals surface area contributed by atoms with Crippen LogP contribution in [-0.4, -0.2) is 81.6 Å². The van der Waals surface area contributed by atoms with Crippen molar-refractivity contribution in [1.82, 2.24) is 15.1 Å². The topological polar surface area (TPSA) is 52.6 Å². The molecule has 1 fully saturated rings. The molecule has 1 heterocycles. The van der Waals surface area contributed by atoms with Crippen molar-refractivity contribution in [2.45, 2.75) is 26.3 Å². The van der Waals surface area contributed by atoms with Gasteiger partial charge in [-0.05, 0) is 20.8 Å². The van der Waals surface area contributed by atoms with Gasteiger partial charge in [0, 0.05) is 57.6 Å². The van der Waals surface area contributed by atoms with Crippen molar-refractivity contribution in [3.05, 3.63) is 0 Å². The molecular weight excluding hydrogens is 262 g/mol. The molecule has 6 heteroatoms. The van der Waals surface area contributed by atoms with E-state index in [4.69, 9.17) is 0 Å². The molecule has 19 heavy (non-hydrogen) atoms. The predicted octanol–water partition coefficient (Wildman–Crippen LogP) is 0.0367. The maximum Gasteiger partial charge on any atom is 0.148 e.